The third-order valence-electron chi connectivity index (χ3n) is 5.54. The van der Waals surface area contributed by atoms with Gasteiger partial charge in [0.25, 0.3) is 0 Å². The second-order valence-corrected chi connectivity index (χ2v) is 8.40. The Morgan fingerprint density at radius 2 is 2.00 bits per heavy atom. The van der Waals surface area contributed by atoms with Gasteiger partial charge >= 0.3 is 0 Å². The van der Waals surface area contributed by atoms with Gasteiger partial charge in [-0.15, -0.1) is 24.0 Å². The zero-order valence-corrected chi connectivity index (χ0v) is 22.3. The fourth-order valence-corrected chi connectivity index (χ4v) is 3.50. The van der Waals surface area contributed by atoms with Crippen molar-refractivity contribution >= 4 is 35.8 Å². The molecule has 1 aromatic carbocycles. The van der Waals surface area contributed by atoms with Crippen LogP contribution in [0.2, 0.25) is 0 Å². The van der Waals surface area contributed by atoms with Gasteiger partial charge in [0.1, 0.15) is 11.9 Å². The van der Waals surface area contributed by atoms with Crippen molar-refractivity contribution in [2.24, 2.45) is 4.99 Å². The number of guanidine groups is 1. The van der Waals surface area contributed by atoms with Crippen LogP contribution in [-0.2, 0) is 20.8 Å². The maximum atomic E-state index is 12.1. The Labute approximate surface area is 214 Å². The van der Waals surface area contributed by atoms with Crippen LogP contribution in [0.5, 0.6) is 5.75 Å². The highest BCUT2D eigenvalue weighted by Gasteiger charge is 2.19. The number of hydrogen-bond donors (Lipinski definition) is 2. The number of likely N-dealkylation sites (N-methyl/N-ethyl adjacent to an activating group) is 1. The van der Waals surface area contributed by atoms with Crippen LogP contribution in [0.1, 0.15) is 17.5 Å². The van der Waals surface area contributed by atoms with Crippen LogP contribution in [0.3, 0.4) is 0 Å². The molecule has 186 valence electrons. The van der Waals surface area contributed by atoms with Gasteiger partial charge in [0.2, 0.25) is 5.91 Å². The summed E-state index contributed by atoms with van der Waals surface area (Å²) in [6, 6.07) is 6.18. The molecule has 2 saturated heterocycles. The van der Waals surface area contributed by atoms with Crippen molar-refractivity contribution in [2.75, 3.05) is 73.2 Å². The lowest BCUT2D eigenvalue weighted by atomic mass is 10.1. The van der Waals surface area contributed by atoms with E-state index in [-0.39, 0.29) is 42.5 Å². The number of nitrogens with one attached hydrogen (secondary N) is 2. The number of rotatable bonds is 9. The molecule has 0 aromatic heterocycles. The highest BCUT2D eigenvalue weighted by atomic mass is 127. The minimum atomic E-state index is -0.00623. The molecule has 0 radical (unpaired) electrons. The summed E-state index contributed by atoms with van der Waals surface area (Å²) in [6.45, 7) is 9.12. The van der Waals surface area contributed by atoms with E-state index in [1.54, 1.807) is 19.0 Å². The molecule has 2 fully saturated rings. The van der Waals surface area contributed by atoms with E-state index in [0.717, 1.165) is 69.3 Å². The van der Waals surface area contributed by atoms with Gasteiger partial charge in [-0.25, -0.2) is 4.99 Å². The largest absolute Gasteiger partial charge is 0.488 e. The summed E-state index contributed by atoms with van der Waals surface area (Å²) in [5.74, 6) is 1.46. The minimum absolute atomic E-state index is 0. The first-order valence-corrected chi connectivity index (χ1v) is 11.4. The maximum Gasteiger partial charge on any atom is 0.241 e. The number of carbonyl (C=O) groups excluding carboxylic acids is 1. The molecular formula is C23H38IN5O4. The molecule has 1 amide bonds. The van der Waals surface area contributed by atoms with Gasteiger partial charge in [-0.3, -0.25) is 9.69 Å². The Bertz CT molecular complexity index is 765. The topological polar surface area (TPSA) is 87.7 Å². The smallest absolute Gasteiger partial charge is 0.241 e. The second-order valence-electron chi connectivity index (χ2n) is 8.40. The van der Waals surface area contributed by atoms with Gasteiger partial charge in [0.15, 0.2) is 5.96 Å². The summed E-state index contributed by atoms with van der Waals surface area (Å²) < 4.78 is 17.0. The first-order valence-electron chi connectivity index (χ1n) is 11.4. The molecule has 0 bridgehead atoms. The number of benzene rings is 1. The van der Waals surface area contributed by atoms with Crippen molar-refractivity contribution in [3.05, 3.63) is 29.3 Å². The Hall–Kier alpha value is -1.63. The number of amides is 1. The molecule has 9 nitrogen and oxygen atoms in total. The predicted molar refractivity (Wildman–Crippen MR) is 140 cm³/mol. The van der Waals surface area contributed by atoms with E-state index < -0.39 is 0 Å². The van der Waals surface area contributed by atoms with Gasteiger partial charge in [-0.1, -0.05) is 12.1 Å². The SMILES string of the molecule is Cc1ccc(CN=C(NCCN2CCOCC2)NCC(=O)N(C)C)c(OC2CCOC2)c1.I. The fourth-order valence-electron chi connectivity index (χ4n) is 3.50. The number of aryl methyl sites for hydroxylation is 1. The third kappa shape index (κ3) is 9.63. The van der Waals surface area contributed by atoms with Crippen molar-refractivity contribution in [1.29, 1.82) is 0 Å². The van der Waals surface area contributed by atoms with E-state index in [4.69, 9.17) is 19.2 Å². The summed E-state index contributed by atoms with van der Waals surface area (Å²) in [5.41, 5.74) is 2.15. The molecule has 2 aliphatic heterocycles. The lowest BCUT2D eigenvalue weighted by molar-refractivity contribution is -0.127. The summed E-state index contributed by atoms with van der Waals surface area (Å²) in [7, 11) is 3.49. The number of carbonyl (C=O) groups is 1. The molecule has 10 heteroatoms. The lowest BCUT2D eigenvalue weighted by Crippen LogP contribution is -2.46. The quantitative estimate of drug-likeness (QED) is 0.260. The second kappa shape index (κ2) is 14.6. The Balaban J connectivity index is 0.00000385. The molecule has 0 spiro atoms. The van der Waals surface area contributed by atoms with E-state index in [0.29, 0.717) is 19.1 Å². The van der Waals surface area contributed by atoms with Crippen LogP contribution >= 0.6 is 24.0 Å². The van der Waals surface area contributed by atoms with Gasteiger partial charge < -0.3 is 29.7 Å². The molecule has 1 aromatic rings. The molecule has 2 aliphatic rings. The zero-order chi connectivity index (χ0) is 22.8. The molecule has 3 rings (SSSR count). The van der Waals surface area contributed by atoms with Crippen LogP contribution in [0.25, 0.3) is 0 Å². The maximum absolute atomic E-state index is 12.1. The number of nitrogens with zero attached hydrogens (tertiary/aromatic N) is 3. The summed E-state index contributed by atoms with van der Waals surface area (Å²) in [6.07, 6.45) is 0.987. The monoisotopic (exact) mass is 575 g/mol. The molecule has 1 atom stereocenters. The molecule has 2 N–H and O–H groups in total. The Morgan fingerprint density at radius 1 is 1.21 bits per heavy atom. The van der Waals surface area contributed by atoms with Crippen molar-refractivity contribution in [3.8, 4) is 5.75 Å². The average Bonchev–Trinajstić information content (AvgIpc) is 3.29. The first kappa shape index (κ1) is 27.6. The minimum Gasteiger partial charge on any atom is -0.488 e. The van der Waals surface area contributed by atoms with Crippen molar-refractivity contribution in [3.63, 3.8) is 0 Å². The summed E-state index contributed by atoms with van der Waals surface area (Å²) >= 11 is 0. The van der Waals surface area contributed by atoms with E-state index in [9.17, 15) is 4.79 Å². The average molecular weight is 575 g/mol. The van der Waals surface area contributed by atoms with Crippen LogP contribution in [-0.4, -0.2) is 101 Å². The normalized spacial score (nSPS) is 19.0. The third-order valence-corrected chi connectivity index (χ3v) is 5.54. The predicted octanol–water partition coefficient (Wildman–Crippen LogP) is 1.24. The highest BCUT2D eigenvalue weighted by Crippen LogP contribution is 2.24. The number of morpholine rings is 1. The van der Waals surface area contributed by atoms with Crippen LogP contribution < -0.4 is 15.4 Å². The van der Waals surface area contributed by atoms with Crippen LogP contribution in [0.15, 0.2) is 23.2 Å². The summed E-state index contributed by atoms with van der Waals surface area (Å²) in [4.78, 5) is 20.7. The van der Waals surface area contributed by atoms with E-state index >= 15 is 0 Å². The van der Waals surface area contributed by atoms with Gasteiger partial charge in [-0.2, -0.15) is 0 Å². The fraction of sp³-hybridized carbons (Fsp3) is 0.652. The van der Waals surface area contributed by atoms with Crippen molar-refractivity contribution < 1.29 is 19.0 Å². The van der Waals surface area contributed by atoms with E-state index in [2.05, 4.69) is 40.7 Å². The zero-order valence-electron chi connectivity index (χ0n) is 20.0. The Morgan fingerprint density at radius 3 is 2.70 bits per heavy atom. The Kier molecular flexibility index (Phi) is 12.2. The summed E-state index contributed by atoms with van der Waals surface area (Å²) in [5, 5.41) is 6.52. The van der Waals surface area contributed by atoms with Gasteiger partial charge in [0.05, 0.1) is 39.5 Å². The molecule has 1 unspecified atom stereocenters. The highest BCUT2D eigenvalue weighted by molar-refractivity contribution is 14.0. The number of ether oxygens (including phenoxy) is 3. The van der Waals surface area contributed by atoms with E-state index in [1.165, 1.54) is 0 Å². The molecular weight excluding hydrogens is 537 g/mol. The number of aliphatic imine (C=N–C) groups is 1. The van der Waals surface area contributed by atoms with Crippen molar-refractivity contribution in [2.45, 2.75) is 26.0 Å². The first-order chi connectivity index (χ1) is 15.5. The molecule has 0 aliphatic carbocycles. The standard InChI is InChI=1S/C23H37N5O4.HI/c1-18-4-5-19(21(14-18)32-20-6-11-31-17-20)15-25-23(26-16-22(29)27(2)3)24-7-8-28-9-12-30-13-10-28;/h4-5,14,20H,6-13,15-17H2,1-3H3,(H2,24,25,26);1H. The number of hydrogen-bond acceptors (Lipinski definition) is 6. The van der Waals surface area contributed by atoms with Gasteiger partial charge in [0, 0.05) is 52.3 Å². The lowest BCUT2D eigenvalue weighted by Gasteiger charge is -2.26. The molecule has 0 saturated carbocycles. The molecule has 33 heavy (non-hydrogen) atoms. The van der Waals surface area contributed by atoms with Gasteiger partial charge in [-0.05, 0) is 18.6 Å². The van der Waals surface area contributed by atoms with Crippen LogP contribution in [0, 0.1) is 6.92 Å². The van der Waals surface area contributed by atoms with Crippen molar-refractivity contribution in [1.82, 2.24) is 20.4 Å². The number of halogens is 1. The van der Waals surface area contributed by atoms with Crippen LogP contribution in [0.4, 0.5) is 0 Å². The van der Waals surface area contributed by atoms with E-state index in [1.807, 2.05) is 0 Å². The molecule has 2 heterocycles.